The fourth-order valence-electron chi connectivity index (χ4n) is 4.15. The molecule has 24 heavy (non-hydrogen) atoms. The number of allylic oxidation sites excluding steroid dienone is 2. The predicted octanol–water partition coefficient (Wildman–Crippen LogP) is 6.58. The van der Waals surface area contributed by atoms with Crippen LogP contribution < -0.4 is 0 Å². The van der Waals surface area contributed by atoms with Gasteiger partial charge in [0, 0.05) is 12.5 Å². The summed E-state index contributed by atoms with van der Waals surface area (Å²) < 4.78 is 56.2. The number of hydrogen-bond acceptors (Lipinski definition) is 1. The molecule has 0 bridgehead atoms. The summed E-state index contributed by atoms with van der Waals surface area (Å²) >= 11 is 0. The van der Waals surface area contributed by atoms with Gasteiger partial charge in [0.25, 0.3) is 0 Å². The number of hydrogen-bond donors (Lipinski definition) is 0. The van der Waals surface area contributed by atoms with Gasteiger partial charge >= 0.3 is 6.18 Å². The Morgan fingerprint density at radius 2 is 1.54 bits per heavy atom. The van der Waals surface area contributed by atoms with Gasteiger partial charge in [0.05, 0.1) is 12.2 Å². The molecule has 1 nitrogen and oxygen atoms in total. The SMILES string of the molecule is CCCC1CCC(COC2CCC(/C(F)=C/C(F)(F)F)CC2)CC1. The average Bonchev–Trinajstić information content (AvgIpc) is 2.53. The van der Waals surface area contributed by atoms with Gasteiger partial charge in [-0.2, -0.15) is 13.2 Å². The zero-order valence-electron chi connectivity index (χ0n) is 14.6. The van der Waals surface area contributed by atoms with Crippen LogP contribution in [0.25, 0.3) is 0 Å². The zero-order chi connectivity index (χ0) is 17.6. The molecule has 140 valence electrons. The topological polar surface area (TPSA) is 9.23 Å². The monoisotopic (exact) mass is 350 g/mol. The summed E-state index contributed by atoms with van der Waals surface area (Å²) in [5.74, 6) is -0.103. The van der Waals surface area contributed by atoms with Crippen molar-refractivity contribution in [2.75, 3.05) is 6.61 Å². The first-order valence-corrected chi connectivity index (χ1v) is 9.44. The van der Waals surface area contributed by atoms with Gasteiger partial charge < -0.3 is 4.74 Å². The molecule has 0 heterocycles. The van der Waals surface area contributed by atoms with Crippen molar-refractivity contribution in [3.63, 3.8) is 0 Å². The van der Waals surface area contributed by atoms with Crippen molar-refractivity contribution in [2.24, 2.45) is 17.8 Å². The minimum atomic E-state index is -4.56. The van der Waals surface area contributed by atoms with Crippen molar-refractivity contribution < 1.29 is 22.3 Å². The molecular weight excluding hydrogens is 320 g/mol. The molecule has 2 fully saturated rings. The highest BCUT2D eigenvalue weighted by Gasteiger charge is 2.31. The second kappa shape index (κ2) is 9.21. The minimum Gasteiger partial charge on any atom is -0.378 e. The van der Waals surface area contributed by atoms with E-state index < -0.39 is 17.9 Å². The van der Waals surface area contributed by atoms with E-state index in [1.54, 1.807) is 0 Å². The van der Waals surface area contributed by atoms with E-state index in [1.165, 1.54) is 38.5 Å². The van der Waals surface area contributed by atoms with Crippen LogP contribution in [0.15, 0.2) is 11.9 Å². The molecule has 2 saturated carbocycles. The molecule has 0 atom stereocenters. The molecule has 0 radical (unpaired) electrons. The third-order valence-electron chi connectivity index (χ3n) is 5.60. The Bertz CT molecular complexity index is 389. The van der Waals surface area contributed by atoms with Crippen LogP contribution in [0.3, 0.4) is 0 Å². The Balaban J connectivity index is 1.64. The number of ether oxygens (including phenoxy) is 1. The normalized spacial score (nSPS) is 32.8. The van der Waals surface area contributed by atoms with Gasteiger partial charge in [0.15, 0.2) is 0 Å². The van der Waals surface area contributed by atoms with E-state index in [4.69, 9.17) is 4.74 Å². The van der Waals surface area contributed by atoms with E-state index in [9.17, 15) is 17.6 Å². The summed E-state index contributed by atoms with van der Waals surface area (Å²) in [6, 6.07) is 0. The molecule has 0 spiro atoms. The summed E-state index contributed by atoms with van der Waals surface area (Å²) in [5.41, 5.74) is 0. The van der Waals surface area contributed by atoms with E-state index in [2.05, 4.69) is 6.92 Å². The van der Waals surface area contributed by atoms with Gasteiger partial charge in [-0.15, -0.1) is 0 Å². The Labute approximate surface area is 142 Å². The number of rotatable bonds is 6. The Hall–Kier alpha value is -0.580. The molecule has 0 aromatic carbocycles. The Morgan fingerprint density at radius 3 is 2.08 bits per heavy atom. The highest BCUT2D eigenvalue weighted by molar-refractivity contribution is 5.03. The lowest BCUT2D eigenvalue weighted by Crippen LogP contribution is -2.26. The van der Waals surface area contributed by atoms with E-state index in [1.807, 2.05) is 0 Å². The van der Waals surface area contributed by atoms with Gasteiger partial charge in [-0.3, -0.25) is 0 Å². The molecule has 2 rings (SSSR count). The van der Waals surface area contributed by atoms with Crippen LogP contribution >= 0.6 is 0 Å². The molecular formula is C19H30F4O. The van der Waals surface area contributed by atoms with Crippen molar-refractivity contribution in [3.8, 4) is 0 Å². The molecule has 0 unspecified atom stereocenters. The van der Waals surface area contributed by atoms with Gasteiger partial charge in [-0.25, -0.2) is 4.39 Å². The van der Waals surface area contributed by atoms with Crippen LogP contribution in [0.2, 0.25) is 0 Å². The van der Waals surface area contributed by atoms with Crippen molar-refractivity contribution in [3.05, 3.63) is 11.9 Å². The highest BCUT2D eigenvalue weighted by Crippen LogP contribution is 2.36. The van der Waals surface area contributed by atoms with Crippen LogP contribution in [0.4, 0.5) is 17.6 Å². The smallest absolute Gasteiger partial charge is 0.378 e. The summed E-state index contributed by atoms with van der Waals surface area (Å²) in [5, 5.41) is 0. The molecule has 0 amide bonds. The maximum absolute atomic E-state index is 13.6. The molecule has 0 aromatic rings. The molecule has 0 aliphatic heterocycles. The van der Waals surface area contributed by atoms with E-state index >= 15 is 0 Å². The second-order valence-corrected chi connectivity index (χ2v) is 7.55. The van der Waals surface area contributed by atoms with E-state index in [-0.39, 0.29) is 12.2 Å². The van der Waals surface area contributed by atoms with Gasteiger partial charge in [-0.05, 0) is 50.4 Å². The lowest BCUT2D eigenvalue weighted by Gasteiger charge is -2.32. The maximum atomic E-state index is 13.6. The fourth-order valence-corrected chi connectivity index (χ4v) is 4.15. The second-order valence-electron chi connectivity index (χ2n) is 7.55. The molecule has 2 aliphatic carbocycles. The zero-order valence-corrected chi connectivity index (χ0v) is 14.6. The fraction of sp³-hybridized carbons (Fsp3) is 0.895. The first kappa shape index (κ1) is 19.7. The van der Waals surface area contributed by atoms with Gasteiger partial charge in [0.2, 0.25) is 0 Å². The first-order valence-electron chi connectivity index (χ1n) is 9.44. The maximum Gasteiger partial charge on any atom is 0.412 e. The molecule has 0 aromatic heterocycles. The van der Waals surface area contributed by atoms with E-state index in [0.29, 0.717) is 31.6 Å². The van der Waals surface area contributed by atoms with E-state index in [0.717, 1.165) is 12.5 Å². The van der Waals surface area contributed by atoms with Crippen LogP contribution in [0, 0.1) is 17.8 Å². The summed E-state index contributed by atoms with van der Waals surface area (Å²) in [6.45, 7) is 2.99. The average molecular weight is 350 g/mol. The summed E-state index contributed by atoms with van der Waals surface area (Å²) in [7, 11) is 0. The largest absolute Gasteiger partial charge is 0.412 e. The number of alkyl halides is 3. The molecule has 5 heteroatoms. The number of halogens is 4. The lowest BCUT2D eigenvalue weighted by molar-refractivity contribution is -0.0823. The van der Waals surface area contributed by atoms with Crippen molar-refractivity contribution in [1.82, 2.24) is 0 Å². The summed E-state index contributed by atoms with van der Waals surface area (Å²) in [6.07, 6.45) is 5.19. The van der Waals surface area contributed by atoms with Crippen LogP contribution in [-0.4, -0.2) is 18.9 Å². The third kappa shape index (κ3) is 6.73. The molecule has 0 saturated heterocycles. The third-order valence-corrected chi connectivity index (χ3v) is 5.60. The van der Waals surface area contributed by atoms with Crippen molar-refractivity contribution in [1.29, 1.82) is 0 Å². The molecule has 2 aliphatic rings. The van der Waals surface area contributed by atoms with Crippen LogP contribution in [0.1, 0.15) is 71.1 Å². The van der Waals surface area contributed by atoms with Gasteiger partial charge in [-0.1, -0.05) is 32.6 Å². The minimum absolute atomic E-state index is 0.0910. The Kier molecular flexibility index (Phi) is 7.58. The first-order chi connectivity index (χ1) is 11.4. The molecule has 0 N–H and O–H groups in total. The standard InChI is InChI=1S/C19H30F4O/c1-2-3-14-4-6-15(7-5-14)13-24-17-10-8-16(9-11-17)18(20)12-19(21,22)23/h12,14-17H,2-11,13H2,1H3/b18-12-. The predicted molar refractivity (Wildman–Crippen MR) is 87.3 cm³/mol. The van der Waals surface area contributed by atoms with Crippen LogP contribution in [0.5, 0.6) is 0 Å². The lowest BCUT2D eigenvalue weighted by atomic mass is 9.80. The van der Waals surface area contributed by atoms with Gasteiger partial charge in [0.1, 0.15) is 5.83 Å². The Morgan fingerprint density at radius 1 is 0.958 bits per heavy atom. The highest BCUT2D eigenvalue weighted by atomic mass is 19.4. The quantitative estimate of drug-likeness (QED) is 0.491. The summed E-state index contributed by atoms with van der Waals surface area (Å²) in [4.78, 5) is 0. The van der Waals surface area contributed by atoms with Crippen LogP contribution in [-0.2, 0) is 4.74 Å². The van der Waals surface area contributed by atoms with Crippen molar-refractivity contribution in [2.45, 2.75) is 83.4 Å². The van der Waals surface area contributed by atoms with Crippen molar-refractivity contribution >= 4 is 0 Å².